The molecule has 42 heavy (non-hydrogen) atoms. The Kier molecular flexibility index (Phi) is 15.7. The zero-order valence-electron chi connectivity index (χ0n) is 24.0. The predicted molar refractivity (Wildman–Crippen MR) is 150 cm³/mol. The second-order valence-electron chi connectivity index (χ2n) is 9.90. The smallest absolute Gasteiger partial charge is 0.407 e. The van der Waals surface area contributed by atoms with Gasteiger partial charge in [-0.05, 0) is 70.3 Å². The molecule has 0 saturated carbocycles. The summed E-state index contributed by atoms with van der Waals surface area (Å²) in [7, 11) is 0. The molecule has 14 nitrogen and oxygen atoms in total. The minimum atomic E-state index is -1.06. The predicted octanol–water partition coefficient (Wildman–Crippen LogP) is 2.47. The lowest BCUT2D eigenvalue weighted by molar-refractivity contribution is -0.757. The van der Waals surface area contributed by atoms with Crippen molar-refractivity contribution < 1.29 is 43.7 Å². The second kappa shape index (κ2) is 19.2. The number of aliphatic carboxylic acids is 1. The average molecular weight is 595 g/mol. The number of carboxylic acid groups (broad SMARTS) is 1. The Balaban J connectivity index is 1.94. The molecule has 3 atom stereocenters. The topological polar surface area (TPSA) is 187 Å². The van der Waals surface area contributed by atoms with Gasteiger partial charge in [0.25, 0.3) is 5.09 Å². The van der Waals surface area contributed by atoms with Gasteiger partial charge in [0.1, 0.15) is 12.1 Å². The number of nitrogens with one attached hydrogen (secondary N) is 2. The van der Waals surface area contributed by atoms with E-state index < -0.39 is 41.2 Å². The Labute approximate surface area is 245 Å². The maximum absolute atomic E-state index is 13.6. The summed E-state index contributed by atoms with van der Waals surface area (Å²) in [5, 5.41) is 24.6. The number of hydrogen-bond acceptors (Lipinski definition) is 10. The Morgan fingerprint density at radius 2 is 1.79 bits per heavy atom. The Morgan fingerprint density at radius 1 is 1.05 bits per heavy atom. The van der Waals surface area contributed by atoms with E-state index in [2.05, 4.69) is 15.5 Å². The number of benzene rings is 1. The summed E-state index contributed by atoms with van der Waals surface area (Å²) < 4.78 is 10.3. The highest BCUT2D eigenvalue weighted by Crippen LogP contribution is 2.20. The zero-order valence-corrected chi connectivity index (χ0v) is 24.0. The molecular formula is C28H42N4O10. The second-order valence-corrected chi connectivity index (χ2v) is 9.90. The van der Waals surface area contributed by atoms with Crippen molar-refractivity contribution in [1.82, 2.24) is 15.5 Å². The van der Waals surface area contributed by atoms with Gasteiger partial charge >= 0.3 is 18.0 Å². The molecule has 1 fully saturated rings. The summed E-state index contributed by atoms with van der Waals surface area (Å²) in [5.41, 5.74) is 1.03. The van der Waals surface area contributed by atoms with E-state index in [0.717, 1.165) is 5.56 Å². The molecule has 0 radical (unpaired) electrons. The van der Waals surface area contributed by atoms with Crippen LogP contribution in [0.3, 0.4) is 0 Å². The van der Waals surface area contributed by atoms with Crippen molar-refractivity contribution in [3.63, 3.8) is 0 Å². The average Bonchev–Trinajstić information content (AvgIpc) is 3.46. The van der Waals surface area contributed by atoms with Crippen LogP contribution in [0, 0.1) is 10.1 Å². The van der Waals surface area contributed by atoms with E-state index >= 15 is 0 Å². The van der Waals surface area contributed by atoms with Crippen LogP contribution in [-0.2, 0) is 35.1 Å². The van der Waals surface area contributed by atoms with Gasteiger partial charge in [-0.25, -0.2) is 9.59 Å². The van der Waals surface area contributed by atoms with Crippen molar-refractivity contribution in [3.05, 3.63) is 46.0 Å². The molecule has 1 aromatic carbocycles. The van der Waals surface area contributed by atoms with Gasteiger partial charge in [-0.3, -0.25) is 14.9 Å². The van der Waals surface area contributed by atoms with Crippen molar-refractivity contribution in [3.8, 4) is 0 Å². The summed E-state index contributed by atoms with van der Waals surface area (Å²) in [6, 6.07) is 7.14. The quantitative estimate of drug-likeness (QED) is 0.0871. The molecule has 1 aromatic rings. The Hall–Kier alpha value is -3.94. The number of hydrogen-bond donors (Lipinski definition) is 3. The van der Waals surface area contributed by atoms with Gasteiger partial charge in [-0.15, -0.1) is 10.1 Å². The maximum Gasteiger partial charge on any atom is 0.407 e. The normalized spacial score (nSPS) is 15.8. The van der Waals surface area contributed by atoms with Crippen molar-refractivity contribution >= 4 is 23.9 Å². The number of carboxylic acids is 1. The first kappa shape index (κ1) is 34.3. The van der Waals surface area contributed by atoms with Gasteiger partial charge in [0.05, 0.1) is 25.9 Å². The van der Waals surface area contributed by atoms with Crippen molar-refractivity contribution in [2.45, 2.75) is 82.8 Å². The first-order valence-electron chi connectivity index (χ1n) is 14.4. The molecule has 0 aliphatic carbocycles. The fourth-order valence-electron chi connectivity index (χ4n) is 4.70. The first-order chi connectivity index (χ1) is 20.2. The molecular weight excluding hydrogens is 552 g/mol. The first-order valence-corrected chi connectivity index (χ1v) is 14.4. The van der Waals surface area contributed by atoms with Crippen molar-refractivity contribution in [2.24, 2.45) is 0 Å². The van der Waals surface area contributed by atoms with E-state index in [9.17, 15) is 34.4 Å². The summed E-state index contributed by atoms with van der Waals surface area (Å²) in [4.78, 5) is 65.7. The van der Waals surface area contributed by atoms with Gasteiger partial charge in [0.2, 0.25) is 5.91 Å². The van der Waals surface area contributed by atoms with E-state index in [-0.39, 0.29) is 32.3 Å². The Bertz CT molecular complexity index is 1010. The number of carbonyl (C=O) groups is 4. The standard InChI is InChI=1S/C28H42N4O10/c1-2-40-27(36)23(16-15-21-11-4-3-5-12-21)30-22(25(33)31-18-10-14-24(31)26(34)35)13-6-7-17-29-28(37)41-19-8-9-20-42-32(38)39/h3-5,11-12,22-24,30H,2,6-10,13-20H2,1H3,(H,29,37)(H,34,35). The fourth-order valence-corrected chi connectivity index (χ4v) is 4.70. The number of unbranched alkanes of at least 4 members (excludes halogenated alkanes) is 2. The highest BCUT2D eigenvalue weighted by Gasteiger charge is 2.38. The summed E-state index contributed by atoms with van der Waals surface area (Å²) in [6.07, 6.45) is 3.41. The van der Waals surface area contributed by atoms with Crippen LogP contribution in [0.15, 0.2) is 30.3 Å². The minimum absolute atomic E-state index is 0.0696. The summed E-state index contributed by atoms with van der Waals surface area (Å²) in [5.74, 6) is -1.90. The van der Waals surface area contributed by atoms with Crippen molar-refractivity contribution in [2.75, 3.05) is 32.9 Å². The molecule has 234 valence electrons. The number of ether oxygens (including phenoxy) is 2. The number of amides is 2. The lowest BCUT2D eigenvalue weighted by Gasteiger charge is -2.30. The van der Waals surface area contributed by atoms with Gasteiger partial charge in [-0.1, -0.05) is 30.3 Å². The van der Waals surface area contributed by atoms with Crippen LogP contribution in [-0.4, -0.2) is 90.1 Å². The zero-order chi connectivity index (χ0) is 30.7. The van der Waals surface area contributed by atoms with Crippen LogP contribution in [0.1, 0.15) is 63.9 Å². The fraction of sp³-hybridized carbons (Fsp3) is 0.643. The van der Waals surface area contributed by atoms with Gasteiger partial charge in [0, 0.05) is 13.1 Å². The van der Waals surface area contributed by atoms with E-state index in [0.29, 0.717) is 64.3 Å². The van der Waals surface area contributed by atoms with Gasteiger partial charge < -0.3 is 29.6 Å². The molecule has 1 heterocycles. The summed E-state index contributed by atoms with van der Waals surface area (Å²) >= 11 is 0. The third-order valence-electron chi connectivity index (χ3n) is 6.81. The Morgan fingerprint density at radius 3 is 2.48 bits per heavy atom. The van der Waals surface area contributed by atoms with E-state index in [4.69, 9.17) is 9.47 Å². The molecule has 14 heteroatoms. The van der Waals surface area contributed by atoms with E-state index in [1.165, 1.54) is 4.90 Å². The van der Waals surface area contributed by atoms with Crippen LogP contribution in [0.4, 0.5) is 4.79 Å². The monoisotopic (exact) mass is 594 g/mol. The highest BCUT2D eigenvalue weighted by molar-refractivity contribution is 5.88. The molecule has 2 rings (SSSR count). The number of esters is 1. The molecule has 0 bridgehead atoms. The molecule has 1 saturated heterocycles. The van der Waals surface area contributed by atoms with Crippen LogP contribution < -0.4 is 10.6 Å². The van der Waals surface area contributed by atoms with Crippen molar-refractivity contribution in [1.29, 1.82) is 0 Å². The lowest BCUT2D eigenvalue weighted by atomic mass is 10.0. The third-order valence-corrected chi connectivity index (χ3v) is 6.81. The number of rotatable bonds is 20. The molecule has 3 N–H and O–H groups in total. The molecule has 2 amide bonds. The number of alkyl carbamates (subject to hydrolysis) is 1. The molecule has 0 spiro atoms. The molecule has 1 aliphatic heterocycles. The van der Waals surface area contributed by atoms with E-state index in [1.54, 1.807) is 6.92 Å². The molecule has 1 aliphatic rings. The molecule has 3 unspecified atom stereocenters. The number of nitrogens with zero attached hydrogens (tertiary/aromatic N) is 2. The number of carbonyl (C=O) groups excluding carboxylic acids is 3. The minimum Gasteiger partial charge on any atom is -0.480 e. The summed E-state index contributed by atoms with van der Waals surface area (Å²) in [6.45, 7) is 2.52. The third kappa shape index (κ3) is 12.7. The van der Waals surface area contributed by atoms with Crippen LogP contribution in [0.2, 0.25) is 0 Å². The SMILES string of the molecule is CCOC(=O)C(CCc1ccccc1)NC(CCCCNC(=O)OCCCCO[N+](=O)[O-])C(=O)N1CCCC1C(=O)O. The van der Waals surface area contributed by atoms with Crippen LogP contribution in [0.5, 0.6) is 0 Å². The highest BCUT2D eigenvalue weighted by atomic mass is 16.9. The van der Waals surface area contributed by atoms with Gasteiger partial charge in [-0.2, -0.15) is 0 Å². The van der Waals surface area contributed by atoms with Crippen LogP contribution >= 0.6 is 0 Å². The van der Waals surface area contributed by atoms with Crippen LogP contribution in [0.25, 0.3) is 0 Å². The van der Waals surface area contributed by atoms with E-state index in [1.807, 2.05) is 30.3 Å². The molecule has 0 aromatic heterocycles. The number of aryl methyl sites for hydroxylation is 1. The number of likely N-dealkylation sites (tertiary alicyclic amines) is 1. The largest absolute Gasteiger partial charge is 0.480 e. The maximum atomic E-state index is 13.6. The van der Waals surface area contributed by atoms with Gasteiger partial charge in [0.15, 0.2) is 0 Å². The lowest BCUT2D eigenvalue weighted by Crippen LogP contribution is -2.54.